The summed E-state index contributed by atoms with van der Waals surface area (Å²) in [6.45, 7) is 3.96. The fourth-order valence-electron chi connectivity index (χ4n) is 3.27. The molecule has 0 saturated heterocycles. The van der Waals surface area contributed by atoms with Gasteiger partial charge in [0.15, 0.2) is 0 Å². The predicted molar refractivity (Wildman–Crippen MR) is 127 cm³/mol. The summed E-state index contributed by atoms with van der Waals surface area (Å²) in [6.07, 6.45) is 0.234. The molecule has 32 heavy (non-hydrogen) atoms. The van der Waals surface area contributed by atoms with Crippen molar-refractivity contribution in [1.82, 2.24) is 15.6 Å². The molecule has 4 N–H and O–H groups in total. The number of benzene rings is 2. The Balaban J connectivity index is 1.84. The van der Waals surface area contributed by atoms with Gasteiger partial charge in [-0.25, -0.2) is 9.78 Å². The fraction of sp³-hybridized carbons (Fsp3) is 0.292. The lowest BCUT2D eigenvalue weighted by molar-refractivity contribution is -0.123. The lowest BCUT2D eigenvalue weighted by Gasteiger charge is -2.22. The maximum Gasteiger partial charge on any atom is 0.407 e. The first-order valence-corrected chi connectivity index (χ1v) is 11.1. The van der Waals surface area contributed by atoms with Crippen molar-refractivity contribution in [3.8, 4) is 0 Å². The van der Waals surface area contributed by atoms with E-state index in [0.29, 0.717) is 18.5 Å². The highest BCUT2D eigenvalue weighted by Crippen LogP contribution is 2.26. The molecule has 0 bridgehead atoms. The number of methoxy groups -OCH3 is 1. The number of aryl methyl sites for hydroxylation is 2. The van der Waals surface area contributed by atoms with E-state index in [1.807, 2.05) is 68.4 Å². The Kier molecular flexibility index (Phi) is 7.83. The summed E-state index contributed by atoms with van der Waals surface area (Å²) in [5.41, 5.74) is 9.39. The van der Waals surface area contributed by atoms with E-state index >= 15 is 0 Å². The minimum Gasteiger partial charge on any atom is -0.453 e. The molecule has 2 atom stereocenters. The maximum absolute atomic E-state index is 13.3. The summed E-state index contributed by atoms with van der Waals surface area (Å²) in [5.74, 6) is -0.301. The predicted octanol–water partition coefficient (Wildman–Crippen LogP) is 3.71. The van der Waals surface area contributed by atoms with Gasteiger partial charge < -0.3 is 21.1 Å². The maximum atomic E-state index is 13.3. The zero-order chi connectivity index (χ0) is 23.1. The molecule has 1 heterocycles. The number of hydrogen-bond acceptors (Lipinski definition) is 6. The number of nitrogen functional groups attached to an aromatic ring is 1. The number of rotatable bonds is 8. The minimum atomic E-state index is -0.791. The Bertz CT molecular complexity index is 1030. The molecule has 0 aliphatic heterocycles. The molecule has 0 aliphatic rings. The average molecular weight is 453 g/mol. The van der Waals surface area contributed by atoms with Crippen molar-refractivity contribution >= 4 is 29.0 Å². The van der Waals surface area contributed by atoms with Crippen LogP contribution in [0.2, 0.25) is 0 Å². The number of nitrogens with zero attached hydrogens (tertiary/aromatic N) is 1. The van der Waals surface area contributed by atoms with E-state index in [2.05, 4.69) is 15.6 Å². The standard InChI is InChI=1S/C24H28N4O3S/c1-15-16(2)32-23(26-15)21(14-18-9-11-19(25)12-10-18)27-22(29)20(28-24(30)31-3)13-17-7-5-4-6-8-17/h4-12,20-21H,13-14,25H2,1-3H3,(H,27,29)(H,28,30). The van der Waals surface area contributed by atoms with Crippen LogP contribution in [0, 0.1) is 13.8 Å². The van der Waals surface area contributed by atoms with Gasteiger partial charge in [0.05, 0.1) is 18.8 Å². The molecule has 0 saturated carbocycles. The molecule has 0 radical (unpaired) electrons. The number of thiazole rings is 1. The van der Waals surface area contributed by atoms with Crippen molar-refractivity contribution < 1.29 is 14.3 Å². The molecule has 0 aliphatic carbocycles. The molecule has 3 aromatic rings. The minimum absolute atomic E-state index is 0.301. The van der Waals surface area contributed by atoms with E-state index in [-0.39, 0.29) is 11.9 Å². The highest BCUT2D eigenvalue weighted by molar-refractivity contribution is 7.11. The number of aromatic nitrogens is 1. The quantitative estimate of drug-likeness (QED) is 0.452. The number of ether oxygens (including phenoxy) is 1. The van der Waals surface area contributed by atoms with Gasteiger partial charge in [0.2, 0.25) is 5.91 Å². The SMILES string of the molecule is COC(=O)NC(Cc1ccccc1)C(=O)NC(Cc1ccc(N)cc1)c1nc(C)c(C)s1. The van der Waals surface area contributed by atoms with E-state index in [4.69, 9.17) is 10.5 Å². The molecule has 0 spiro atoms. The van der Waals surface area contributed by atoms with E-state index < -0.39 is 12.1 Å². The summed E-state index contributed by atoms with van der Waals surface area (Å²) in [7, 11) is 1.28. The zero-order valence-corrected chi connectivity index (χ0v) is 19.2. The second kappa shape index (κ2) is 10.8. The highest BCUT2D eigenvalue weighted by Gasteiger charge is 2.26. The molecular weight excluding hydrogens is 424 g/mol. The third-order valence-electron chi connectivity index (χ3n) is 5.16. The average Bonchev–Trinajstić information content (AvgIpc) is 3.13. The molecule has 0 fully saturated rings. The number of hydrogen-bond donors (Lipinski definition) is 3. The Morgan fingerprint density at radius 1 is 1.00 bits per heavy atom. The van der Waals surface area contributed by atoms with Crippen LogP contribution in [0.1, 0.15) is 32.7 Å². The Labute approximate surface area is 192 Å². The lowest BCUT2D eigenvalue weighted by Crippen LogP contribution is -2.49. The lowest BCUT2D eigenvalue weighted by atomic mass is 10.0. The van der Waals surface area contributed by atoms with Crippen LogP contribution < -0.4 is 16.4 Å². The third kappa shape index (κ3) is 6.31. The molecule has 8 heteroatoms. The van der Waals surface area contributed by atoms with Crippen LogP contribution in [0.5, 0.6) is 0 Å². The fourth-order valence-corrected chi connectivity index (χ4v) is 4.24. The van der Waals surface area contributed by atoms with Gasteiger partial charge in [-0.15, -0.1) is 11.3 Å². The van der Waals surface area contributed by atoms with Crippen LogP contribution in [0.25, 0.3) is 0 Å². The van der Waals surface area contributed by atoms with Crippen LogP contribution >= 0.6 is 11.3 Å². The van der Waals surface area contributed by atoms with Gasteiger partial charge in [0.25, 0.3) is 0 Å². The van der Waals surface area contributed by atoms with Crippen molar-refractivity contribution in [2.45, 2.75) is 38.8 Å². The highest BCUT2D eigenvalue weighted by atomic mass is 32.1. The number of anilines is 1. The van der Waals surface area contributed by atoms with Crippen LogP contribution in [-0.4, -0.2) is 30.1 Å². The van der Waals surface area contributed by atoms with Crippen LogP contribution in [0.4, 0.5) is 10.5 Å². The van der Waals surface area contributed by atoms with Gasteiger partial charge >= 0.3 is 6.09 Å². The van der Waals surface area contributed by atoms with Crippen LogP contribution in [0.3, 0.4) is 0 Å². The molecule has 168 valence electrons. The second-order valence-electron chi connectivity index (χ2n) is 7.58. The van der Waals surface area contributed by atoms with Gasteiger partial charge in [-0.1, -0.05) is 42.5 Å². The smallest absolute Gasteiger partial charge is 0.407 e. The van der Waals surface area contributed by atoms with E-state index in [1.165, 1.54) is 7.11 Å². The van der Waals surface area contributed by atoms with Gasteiger partial charge in [-0.05, 0) is 43.5 Å². The van der Waals surface area contributed by atoms with Crippen molar-refractivity contribution in [3.05, 3.63) is 81.3 Å². The topological polar surface area (TPSA) is 106 Å². The van der Waals surface area contributed by atoms with E-state index in [9.17, 15) is 9.59 Å². The number of alkyl carbamates (subject to hydrolysis) is 1. The van der Waals surface area contributed by atoms with Gasteiger partial charge in [0, 0.05) is 17.0 Å². The Hall–Kier alpha value is -3.39. The normalized spacial score (nSPS) is 12.6. The number of amides is 2. The molecule has 2 aromatic carbocycles. The third-order valence-corrected chi connectivity index (χ3v) is 6.34. The summed E-state index contributed by atoms with van der Waals surface area (Å²) >= 11 is 1.56. The first kappa shape index (κ1) is 23.3. The monoisotopic (exact) mass is 452 g/mol. The van der Waals surface area contributed by atoms with Gasteiger partial charge in [-0.2, -0.15) is 0 Å². The molecule has 7 nitrogen and oxygen atoms in total. The van der Waals surface area contributed by atoms with Crippen molar-refractivity contribution in [1.29, 1.82) is 0 Å². The number of carbonyl (C=O) groups excluding carboxylic acids is 2. The van der Waals surface area contributed by atoms with Crippen molar-refractivity contribution in [3.63, 3.8) is 0 Å². The Morgan fingerprint density at radius 2 is 1.66 bits per heavy atom. The first-order valence-electron chi connectivity index (χ1n) is 10.3. The molecule has 1 aromatic heterocycles. The zero-order valence-electron chi connectivity index (χ0n) is 18.4. The molecule has 3 rings (SSSR count). The number of nitrogens with two attached hydrogens (primary N) is 1. The molecule has 2 amide bonds. The first-order chi connectivity index (χ1) is 15.4. The largest absolute Gasteiger partial charge is 0.453 e. The summed E-state index contributed by atoms with van der Waals surface area (Å²) in [4.78, 5) is 31.0. The number of carbonyl (C=O) groups is 2. The second-order valence-corrected chi connectivity index (χ2v) is 8.81. The van der Waals surface area contributed by atoms with E-state index in [1.54, 1.807) is 11.3 Å². The molecule has 2 unspecified atom stereocenters. The van der Waals surface area contributed by atoms with Crippen LogP contribution in [-0.2, 0) is 22.4 Å². The Morgan fingerprint density at radius 3 is 2.25 bits per heavy atom. The van der Waals surface area contributed by atoms with Crippen molar-refractivity contribution in [2.24, 2.45) is 0 Å². The summed E-state index contributed by atoms with van der Waals surface area (Å²) in [5, 5.41) is 6.57. The van der Waals surface area contributed by atoms with Crippen LogP contribution in [0.15, 0.2) is 54.6 Å². The number of nitrogens with one attached hydrogen (secondary N) is 2. The summed E-state index contributed by atoms with van der Waals surface area (Å²) < 4.78 is 4.73. The van der Waals surface area contributed by atoms with Gasteiger partial charge in [0.1, 0.15) is 11.0 Å². The summed E-state index contributed by atoms with van der Waals surface area (Å²) in [6, 6.07) is 15.9. The van der Waals surface area contributed by atoms with Crippen molar-refractivity contribution in [2.75, 3.05) is 12.8 Å². The van der Waals surface area contributed by atoms with E-state index in [0.717, 1.165) is 26.7 Å². The van der Waals surface area contributed by atoms with Gasteiger partial charge in [-0.3, -0.25) is 4.79 Å². The molecular formula is C24H28N4O3S.